The van der Waals surface area contributed by atoms with Crippen LogP contribution in [0.4, 0.5) is 11.4 Å². The molecule has 1 aromatic heterocycles. The Hall–Kier alpha value is -3.80. The number of methoxy groups -OCH3 is 2. The number of Topliss-reactive ketones (excluding diaryl/α,β-unsaturated/α-hetero) is 1. The molecular weight excluding hydrogens is 402 g/mol. The van der Waals surface area contributed by atoms with Gasteiger partial charge in [-0.2, -0.15) is 0 Å². The summed E-state index contributed by atoms with van der Waals surface area (Å²) < 4.78 is 11.1. The zero-order valence-electron chi connectivity index (χ0n) is 18.1. The van der Waals surface area contributed by atoms with Crippen LogP contribution in [0.25, 0.3) is 0 Å². The summed E-state index contributed by atoms with van der Waals surface area (Å²) in [5.41, 5.74) is 5.56. The number of hydrogen-bond donors (Lipinski definition) is 2. The second-order valence-corrected chi connectivity index (χ2v) is 8.06. The predicted molar refractivity (Wildman–Crippen MR) is 124 cm³/mol. The number of aromatic nitrogens is 1. The van der Waals surface area contributed by atoms with E-state index in [1.807, 2.05) is 60.8 Å². The average molecular weight is 428 g/mol. The fraction of sp³-hybridized carbons (Fsp3) is 0.231. The van der Waals surface area contributed by atoms with Crippen LogP contribution in [0.2, 0.25) is 0 Å². The molecule has 0 spiro atoms. The fourth-order valence-electron chi connectivity index (χ4n) is 4.67. The molecule has 0 saturated heterocycles. The monoisotopic (exact) mass is 427 g/mol. The maximum atomic E-state index is 13.6. The molecule has 2 aromatic carbocycles. The van der Waals surface area contributed by atoms with Crippen molar-refractivity contribution in [3.05, 3.63) is 89.4 Å². The highest BCUT2D eigenvalue weighted by atomic mass is 16.5. The van der Waals surface area contributed by atoms with E-state index in [-0.39, 0.29) is 17.7 Å². The molecule has 162 valence electrons. The molecule has 1 aliphatic carbocycles. The van der Waals surface area contributed by atoms with E-state index in [9.17, 15) is 4.79 Å². The molecule has 2 N–H and O–H groups in total. The Morgan fingerprint density at radius 1 is 0.969 bits per heavy atom. The lowest BCUT2D eigenvalue weighted by atomic mass is 9.78. The normalized spacial score (nSPS) is 19.8. The number of carbonyl (C=O) groups excluding carboxylic acids is 1. The van der Waals surface area contributed by atoms with Crippen LogP contribution < -0.4 is 20.1 Å². The van der Waals surface area contributed by atoms with Crippen LogP contribution >= 0.6 is 0 Å². The first-order chi connectivity index (χ1) is 15.7. The van der Waals surface area contributed by atoms with Crippen LogP contribution in [0.5, 0.6) is 11.5 Å². The molecule has 6 heteroatoms. The molecule has 0 unspecified atom stereocenters. The lowest BCUT2D eigenvalue weighted by Gasteiger charge is -2.30. The van der Waals surface area contributed by atoms with E-state index in [0.717, 1.165) is 45.3 Å². The summed E-state index contributed by atoms with van der Waals surface area (Å²) in [6.07, 6.45) is 4.66. The van der Waals surface area contributed by atoms with Crippen LogP contribution in [0.3, 0.4) is 0 Å². The van der Waals surface area contributed by atoms with Gasteiger partial charge in [-0.3, -0.25) is 9.78 Å². The molecule has 2 aliphatic rings. The molecule has 5 rings (SSSR count). The first-order valence-electron chi connectivity index (χ1n) is 10.7. The predicted octanol–water partition coefficient (Wildman–Crippen LogP) is 5.08. The molecule has 32 heavy (non-hydrogen) atoms. The summed E-state index contributed by atoms with van der Waals surface area (Å²) in [6, 6.07) is 17.4. The molecule has 0 amide bonds. The van der Waals surface area contributed by atoms with Gasteiger partial charge in [0.1, 0.15) is 11.5 Å². The zero-order valence-corrected chi connectivity index (χ0v) is 18.1. The molecule has 3 aromatic rings. The van der Waals surface area contributed by atoms with Crippen LogP contribution in [-0.2, 0) is 4.79 Å². The Bertz CT molecular complexity index is 1190. The van der Waals surface area contributed by atoms with Gasteiger partial charge < -0.3 is 20.1 Å². The van der Waals surface area contributed by atoms with Crippen molar-refractivity contribution >= 4 is 17.2 Å². The summed E-state index contributed by atoms with van der Waals surface area (Å²) in [5.74, 6) is 1.62. The van der Waals surface area contributed by atoms with Gasteiger partial charge >= 0.3 is 0 Å². The van der Waals surface area contributed by atoms with Crippen molar-refractivity contribution < 1.29 is 14.3 Å². The van der Waals surface area contributed by atoms with Gasteiger partial charge in [-0.1, -0.05) is 18.2 Å². The lowest BCUT2D eigenvalue weighted by Crippen LogP contribution is -2.27. The summed E-state index contributed by atoms with van der Waals surface area (Å²) >= 11 is 0. The first-order valence-corrected chi connectivity index (χ1v) is 10.7. The molecule has 1 aliphatic heterocycles. The van der Waals surface area contributed by atoms with Gasteiger partial charge in [-0.15, -0.1) is 0 Å². The Balaban J connectivity index is 1.61. The second-order valence-electron chi connectivity index (χ2n) is 8.06. The smallest absolute Gasteiger partial charge is 0.163 e. The Labute approximate surface area is 187 Å². The number of para-hydroxylation sites is 2. The Morgan fingerprint density at radius 2 is 1.81 bits per heavy atom. The van der Waals surface area contributed by atoms with E-state index in [0.29, 0.717) is 12.8 Å². The van der Waals surface area contributed by atoms with Crippen molar-refractivity contribution in [1.29, 1.82) is 0 Å². The van der Waals surface area contributed by atoms with Crippen molar-refractivity contribution in [2.75, 3.05) is 24.9 Å². The Morgan fingerprint density at radius 3 is 2.56 bits per heavy atom. The molecule has 0 radical (unpaired) electrons. The van der Waals surface area contributed by atoms with E-state index in [2.05, 4.69) is 15.6 Å². The van der Waals surface area contributed by atoms with Gasteiger partial charge in [0.25, 0.3) is 0 Å². The number of nitrogens with zero attached hydrogens (tertiary/aromatic N) is 1. The third-order valence-electron chi connectivity index (χ3n) is 6.20. The molecule has 0 saturated carbocycles. The van der Waals surface area contributed by atoms with Crippen molar-refractivity contribution in [2.45, 2.75) is 24.8 Å². The van der Waals surface area contributed by atoms with E-state index < -0.39 is 0 Å². The summed E-state index contributed by atoms with van der Waals surface area (Å²) in [4.78, 5) is 17.9. The fourth-order valence-corrected chi connectivity index (χ4v) is 4.67. The number of benzene rings is 2. The number of hydrogen-bond acceptors (Lipinski definition) is 6. The highest BCUT2D eigenvalue weighted by Gasteiger charge is 2.37. The summed E-state index contributed by atoms with van der Waals surface area (Å²) in [6.45, 7) is 0. The van der Waals surface area contributed by atoms with Crippen LogP contribution in [0.1, 0.15) is 35.9 Å². The van der Waals surface area contributed by atoms with E-state index >= 15 is 0 Å². The minimum absolute atomic E-state index is 0.0152. The average Bonchev–Trinajstić information content (AvgIpc) is 3.01. The third-order valence-corrected chi connectivity index (χ3v) is 6.20. The molecule has 2 atom stereocenters. The lowest BCUT2D eigenvalue weighted by molar-refractivity contribution is -0.116. The van der Waals surface area contributed by atoms with Crippen molar-refractivity contribution in [1.82, 2.24) is 4.98 Å². The van der Waals surface area contributed by atoms with Gasteiger partial charge in [0.15, 0.2) is 5.78 Å². The minimum Gasteiger partial charge on any atom is -0.497 e. The van der Waals surface area contributed by atoms with Crippen LogP contribution in [0, 0.1) is 0 Å². The summed E-state index contributed by atoms with van der Waals surface area (Å²) in [5, 5.41) is 7.14. The second kappa shape index (κ2) is 8.38. The van der Waals surface area contributed by atoms with E-state index in [4.69, 9.17) is 9.47 Å². The van der Waals surface area contributed by atoms with Gasteiger partial charge in [0, 0.05) is 41.6 Å². The van der Waals surface area contributed by atoms with Crippen molar-refractivity contribution in [3.8, 4) is 11.5 Å². The number of nitrogens with one attached hydrogen (secondary N) is 2. The number of pyridine rings is 1. The molecule has 0 bridgehead atoms. The van der Waals surface area contributed by atoms with E-state index in [1.165, 1.54) is 0 Å². The largest absolute Gasteiger partial charge is 0.497 e. The first kappa shape index (κ1) is 20.1. The zero-order chi connectivity index (χ0) is 22.1. The maximum absolute atomic E-state index is 13.6. The van der Waals surface area contributed by atoms with Gasteiger partial charge in [0.2, 0.25) is 0 Å². The molecular formula is C26H25N3O3. The number of carbonyl (C=O) groups is 1. The van der Waals surface area contributed by atoms with Gasteiger partial charge in [-0.05, 0) is 48.4 Å². The quantitative estimate of drug-likeness (QED) is 0.605. The highest BCUT2D eigenvalue weighted by molar-refractivity contribution is 6.01. The minimum atomic E-state index is -0.268. The number of ether oxygens (including phenoxy) is 2. The molecule has 6 nitrogen and oxygen atoms in total. The number of anilines is 2. The van der Waals surface area contributed by atoms with Crippen molar-refractivity contribution in [2.24, 2.45) is 0 Å². The maximum Gasteiger partial charge on any atom is 0.163 e. The van der Waals surface area contributed by atoms with Crippen LogP contribution in [0.15, 0.2) is 78.3 Å². The standard InChI is InChI=1S/C26H25N3O3/c1-31-18-9-10-24(32-2)19(14-18)17-12-22-25(23(30)13-17)26(16-6-5-11-27-15-16)29-21-8-4-3-7-20(21)28-22/h3-11,14-15,17,26,28-29H,12-13H2,1-2H3/t17-,26+/m0/s1. The van der Waals surface area contributed by atoms with Gasteiger partial charge in [0.05, 0.1) is 31.6 Å². The SMILES string of the molecule is COc1ccc(OC)c([C@@H]2CC(=O)C3=C(C2)Nc2ccccc2N[C@@H]3c2cccnc2)c1. The number of allylic oxidation sites excluding steroid dienone is 1. The van der Waals surface area contributed by atoms with E-state index in [1.54, 1.807) is 20.4 Å². The Kier molecular flexibility index (Phi) is 5.27. The third kappa shape index (κ3) is 3.58. The highest BCUT2D eigenvalue weighted by Crippen LogP contribution is 2.46. The molecule has 2 heterocycles. The number of fused-ring (bicyclic) bond motifs is 1. The van der Waals surface area contributed by atoms with Gasteiger partial charge in [-0.25, -0.2) is 0 Å². The van der Waals surface area contributed by atoms with Crippen LogP contribution in [-0.4, -0.2) is 25.0 Å². The topological polar surface area (TPSA) is 72.5 Å². The molecule has 0 fully saturated rings. The van der Waals surface area contributed by atoms with Crippen molar-refractivity contribution in [3.63, 3.8) is 0 Å². The number of ketones is 1. The number of rotatable bonds is 4. The summed E-state index contributed by atoms with van der Waals surface area (Å²) in [7, 11) is 3.30.